The monoisotopic (exact) mass is 749 g/mol. The highest BCUT2D eigenvalue weighted by Crippen LogP contribution is 2.49. The second kappa shape index (κ2) is 13.4. The van der Waals surface area contributed by atoms with Crippen molar-refractivity contribution in [1.29, 1.82) is 0 Å². The van der Waals surface area contributed by atoms with Gasteiger partial charge in [0.05, 0.1) is 29.9 Å². The maximum Gasteiger partial charge on any atom is 0.490 e. The van der Waals surface area contributed by atoms with E-state index in [-0.39, 0.29) is 31.0 Å². The van der Waals surface area contributed by atoms with Crippen molar-refractivity contribution in [3.05, 3.63) is 65.4 Å². The van der Waals surface area contributed by atoms with Crippen molar-refractivity contribution in [2.75, 3.05) is 50.0 Å². The van der Waals surface area contributed by atoms with Crippen molar-refractivity contribution >= 4 is 34.7 Å². The molecule has 2 saturated heterocycles. The highest BCUT2D eigenvalue weighted by molar-refractivity contribution is 5.94. The minimum Gasteiger partial charge on any atom is -0.475 e. The van der Waals surface area contributed by atoms with E-state index in [4.69, 9.17) is 15.0 Å². The van der Waals surface area contributed by atoms with E-state index in [9.17, 15) is 31.1 Å². The fourth-order valence-electron chi connectivity index (χ4n) is 7.15. The number of hydrogen-bond donors (Lipinski definition) is 4. The highest BCUT2D eigenvalue weighted by Gasteiger charge is 2.60. The normalized spacial score (nSPS) is 21.4. The zero-order valence-electron chi connectivity index (χ0n) is 28.2. The number of nitrogens with one attached hydrogen (secondary N) is 3. The second-order valence-electron chi connectivity index (χ2n) is 13.6. The van der Waals surface area contributed by atoms with Gasteiger partial charge in [-0.2, -0.15) is 13.2 Å². The van der Waals surface area contributed by atoms with Crippen LogP contribution < -0.4 is 20.9 Å². The molecular weight excluding hydrogens is 715 g/mol. The van der Waals surface area contributed by atoms with Gasteiger partial charge in [0.25, 0.3) is 11.8 Å². The smallest absolute Gasteiger partial charge is 0.475 e. The van der Waals surface area contributed by atoms with Crippen LogP contribution in [-0.2, 0) is 17.8 Å². The van der Waals surface area contributed by atoms with E-state index in [1.165, 1.54) is 16.8 Å². The molecule has 6 heterocycles. The average molecular weight is 750 g/mol. The number of imidazole rings is 1. The van der Waals surface area contributed by atoms with E-state index in [1.54, 1.807) is 13.2 Å². The number of benzene rings is 1. The number of anilines is 3. The lowest BCUT2D eigenvalue weighted by Crippen LogP contribution is -2.69. The van der Waals surface area contributed by atoms with Gasteiger partial charge < -0.3 is 26.0 Å². The first-order valence-electron chi connectivity index (χ1n) is 16.8. The molecule has 4 aromatic rings. The fraction of sp³-hybridized carbons (Fsp3) is 0.441. The fourth-order valence-corrected chi connectivity index (χ4v) is 7.15. The van der Waals surface area contributed by atoms with Gasteiger partial charge in [-0.05, 0) is 42.6 Å². The molecule has 282 valence electrons. The summed E-state index contributed by atoms with van der Waals surface area (Å²) in [4.78, 5) is 34.6. The van der Waals surface area contributed by atoms with Crippen LogP contribution in [0.2, 0.25) is 0 Å². The molecular formula is C34H34F7N9O3. The molecule has 3 aromatic heterocycles. The molecule has 0 radical (unpaired) electrons. The summed E-state index contributed by atoms with van der Waals surface area (Å²) in [7, 11) is 1.75. The molecule has 3 fully saturated rings. The molecule has 1 aliphatic carbocycles. The summed E-state index contributed by atoms with van der Waals surface area (Å²) in [6, 6.07) is 8.43. The van der Waals surface area contributed by atoms with Crippen LogP contribution in [0.1, 0.15) is 34.5 Å². The van der Waals surface area contributed by atoms with E-state index < -0.39 is 47.4 Å². The summed E-state index contributed by atoms with van der Waals surface area (Å²) in [5, 5.41) is 20.5. The number of rotatable bonds is 7. The highest BCUT2D eigenvalue weighted by atomic mass is 19.4. The number of carboxylic acids is 1. The summed E-state index contributed by atoms with van der Waals surface area (Å²) >= 11 is 0. The lowest BCUT2D eigenvalue weighted by atomic mass is 9.69. The molecule has 12 nitrogen and oxygen atoms in total. The Balaban J connectivity index is 0.000000568. The number of carbonyl (C=O) groups excluding carboxylic acids is 1. The first-order valence-corrected chi connectivity index (χ1v) is 16.8. The van der Waals surface area contributed by atoms with E-state index in [2.05, 4.69) is 25.9 Å². The molecule has 1 spiro atoms. The summed E-state index contributed by atoms with van der Waals surface area (Å²) < 4.78 is 91.4. The molecule has 8 rings (SSSR count). The van der Waals surface area contributed by atoms with Crippen LogP contribution in [0.4, 0.5) is 47.9 Å². The van der Waals surface area contributed by atoms with Crippen LogP contribution in [0.25, 0.3) is 16.9 Å². The number of aromatic nitrogens is 4. The van der Waals surface area contributed by atoms with Crippen LogP contribution in [0.15, 0.2) is 42.7 Å². The summed E-state index contributed by atoms with van der Waals surface area (Å²) in [5.74, 6) is -5.86. The summed E-state index contributed by atoms with van der Waals surface area (Å²) in [6.45, 7) is 1.78. The Labute approximate surface area is 297 Å². The number of hydrogen-bond acceptors (Lipinski definition) is 9. The Bertz CT molecular complexity index is 2070. The van der Waals surface area contributed by atoms with E-state index in [0.29, 0.717) is 67.2 Å². The standard InChI is InChI=1S/C32H33F4N9O.C2HF3O2/c1-37-24-11-27(42-45-26(13-40-29(24)45)30(46)41-23-10-21(23)33)44-8-5-19-20(3-2-4-25(19)44)28-22(34)9-18(12-39-28)14-43-16-31(17-43)6-7-38-15-32(31,35)36;3-2(4,5)1(6)7/h2-4,9,11-13,21,23,37-38H,5-8,10,14-17H2,1H3,(H,41,46);(H,6,7)/t21-,23+;/m0./s1. The van der Waals surface area contributed by atoms with Gasteiger partial charge in [-0.1, -0.05) is 12.1 Å². The maximum atomic E-state index is 15.6. The molecule has 1 saturated carbocycles. The average Bonchev–Trinajstić information content (AvgIpc) is 3.42. The van der Waals surface area contributed by atoms with Crippen molar-refractivity contribution in [1.82, 2.24) is 35.1 Å². The third-order valence-electron chi connectivity index (χ3n) is 10.0. The van der Waals surface area contributed by atoms with Crippen LogP contribution in [-0.4, -0.2) is 106 Å². The van der Waals surface area contributed by atoms with Gasteiger partial charge >= 0.3 is 12.1 Å². The van der Waals surface area contributed by atoms with Crippen molar-refractivity contribution in [3.63, 3.8) is 0 Å². The Morgan fingerprint density at radius 2 is 1.87 bits per heavy atom. The molecule has 4 N–H and O–H groups in total. The number of carbonyl (C=O) groups is 2. The zero-order valence-corrected chi connectivity index (χ0v) is 28.2. The molecule has 3 aliphatic heterocycles. The van der Waals surface area contributed by atoms with Crippen molar-refractivity contribution in [2.24, 2.45) is 5.41 Å². The summed E-state index contributed by atoms with van der Waals surface area (Å²) in [5.41, 5.74) is 3.61. The molecule has 0 bridgehead atoms. The lowest BCUT2D eigenvalue weighted by molar-refractivity contribution is -0.205. The SMILES string of the molecule is CNc1cc(N2CCc3c(-c4ncc(CN5CC6(CCNCC6(F)F)C5)cc4F)cccc32)nn2c(C(=O)N[C@@H]3C[C@@H]3F)cnc12.O=C(O)C(F)(F)F. The minimum absolute atomic E-state index is 0.199. The van der Waals surface area contributed by atoms with Crippen molar-refractivity contribution < 1.29 is 45.4 Å². The topological polar surface area (TPSA) is 140 Å². The number of nitrogens with zero attached hydrogens (tertiary/aromatic N) is 6. The van der Waals surface area contributed by atoms with E-state index in [0.717, 1.165) is 11.3 Å². The minimum atomic E-state index is -5.08. The Hall–Kier alpha value is -5.04. The van der Waals surface area contributed by atoms with Crippen LogP contribution >= 0.6 is 0 Å². The van der Waals surface area contributed by atoms with Gasteiger partial charge in [0.1, 0.15) is 17.7 Å². The van der Waals surface area contributed by atoms with Gasteiger partial charge in [-0.3, -0.25) is 14.7 Å². The number of fused-ring (bicyclic) bond motifs is 2. The maximum absolute atomic E-state index is 15.6. The Morgan fingerprint density at radius 3 is 2.51 bits per heavy atom. The number of aliphatic carboxylic acids is 1. The number of likely N-dealkylation sites (tertiary alicyclic amines) is 1. The van der Waals surface area contributed by atoms with Crippen molar-refractivity contribution in [3.8, 4) is 11.3 Å². The third kappa shape index (κ3) is 6.82. The quantitative estimate of drug-likeness (QED) is 0.199. The van der Waals surface area contributed by atoms with Gasteiger partial charge in [-0.15, -0.1) is 5.10 Å². The molecule has 4 aliphatic rings. The molecule has 1 aromatic carbocycles. The van der Waals surface area contributed by atoms with Crippen LogP contribution in [0, 0.1) is 11.2 Å². The predicted octanol–water partition coefficient (Wildman–Crippen LogP) is 4.57. The molecule has 0 unspecified atom stereocenters. The number of piperidine rings is 1. The Morgan fingerprint density at radius 1 is 1.13 bits per heavy atom. The first kappa shape index (κ1) is 36.3. The van der Waals surface area contributed by atoms with Gasteiger partial charge in [0.15, 0.2) is 17.2 Å². The largest absolute Gasteiger partial charge is 0.490 e. The molecule has 2 atom stereocenters. The van der Waals surface area contributed by atoms with E-state index in [1.807, 2.05) is 34.1 Å². The number of pyridine rings is 1. The number of halogens is 7. The zero-order chi connectivity index (χ0) is 37.9. The van der Waals surface area contributed by atoms with Gasteiger partial charge in [0.2, 0.25) is 0 Å². The molecule has 1 amide bonds. The van der Waals surface area contributed by atoms with Crippen molar-refractivity contribution in [2.45, 2.75) is 50.1 Å². The lowest BCUT2D eigenvalue weighted by Gasteiger charge is -2.56. The summed E-state index contributed by atoms with van der Waals surface area (Å²) in [6.07, 6.45) is -1.73. The third-order valence-corrected chi connectivity index (χ3v) is 10.0. The predicted molar refractivity (Wildman–Crippen MR) is 177 cm³/mol. The van der Waals surface area contributed by atoms with Gasteiger partial charge in [0, 0.05) is 63.2 Å². The Kier molecular flexibility index (Phi) is 9.20. The molecule has 53 heavy (non-hydrogen) atoms. The van der Waals surface area contributed by atoms with E-state index >= 15 is 4.39 Å². The number of carboxylic acid groups (broad SMARTS) is 1. The first-order chi connectivity index (χ1) is 25.1. The number of amides is 1. The van der Waals surface area contributed by atoms with Crippen LogP contribution in [0.3, 0.4) is 0 Å². The van der Waals surface area contributed by atoms with Crippen LogP contribution in [0.5, 0.6) is 0 Å². The molecule has 19 heteroatoms. The van der Waals surface area contributed by atoms with Gasteiger partial charge in [-0.25, -0.2) is 31.9 Å². The number of alkyl halides is 6. The second-order valence-corrected chi connectivity index (χ2v) is 13.6.